The van der Waals surface area contributed by atoms with E-state index in [4.69, 9.17) is 4.74 Å². The number of carbonyl (C=O) groups excluding carboxylic acids is 1. The van der Waals surface area contributed by atoms with Gasteiger partial charge in [-0.25, -0.2) is 15.0 Å². The monoisotopic (exact) mass is 545 g/mol. The van der Waals surface area contributed by atoms with Crippen LogP contribution in [0.4, 0.5) is 5.82 Å². The van der Waals surface area contributed by atoms with Gasteiger partial charge in [0.15, 0.2) is 29.3 Å². The predicted molar refractivity (Wildman–Crippen MR) is 149 cm³/mol. The molecule has 3 aliphatic rings. The molecule has 2 aliphatic carbocycles. The van der Waals surface area contributed by atoms with Crippen LogP contribution in [0.3, 0.4) is 0 Å². The van der Waals surface area contributed by atoms with Crippen LogP contribution in [0, 0.1) is 6.92 Å². The summed E-state index contributed by atoms with van der Waals surface area (Å²) in [5, 5.41) is 28.8. The summed E-state index contributed by atoms with van der Waals surface area (Å²) in [5.74, 6) is 0.166. The summed E-state index contributed by atoms with van der Waals surface area (Å²) >= 11 is 0. The molecule has 1 aliphatic heterocycles. The van der Waals surface area contributed by atoms with E-state index in [0.29, 0.717) is 29.6 Å². The van der Waals surface area contributed by atoms with Gasteiger partial charge in [0.2, 0.25) is 0 Å². The maximum atomic E-state index is 12.5. The minimum Gasteiger partial charge on any atom is -0.387 e. The molecule has 11 heteroatoms. The molecule has 11 nitrogen and oxygen atoms in total. The predicted octanol–water partition coefficient (Wildman–Crippen LogP) is 2.76. The SMILES string of the molecule is Cc1c(CCNc2ncnc3c2ncn3[C@@H]2O[C@H](C(=O)NC3CC3)[C@@H](O)[C@H]2O)c2ccccc2n1C1CCCC1. The minimum atomic E-state index is -1.35. The van der Waals surface area contributed by atoms with Gasteiger partial charge in [0.25, 0.3) is 5.91 Å². The number of fused-ring (bicyclic) bond motifs is 2. The highest BCUT2D eigenvalue weighted by Gasteiger charge is 2.48. The number of hydrogen-bond acceptors (Lipinski definition) is 8. The Labute approximate surface area is 231 Å². The molecule has 0 radical (unpaired) electrons. The molecule has 210 valence electrons. The molecule has 4 N–H and O–H groups in total. The lowest BCUT2D eigenvalue weighted by atomic mass is 10.1. The van der Waals surface area contributed by atoms with Crippen LogP contribution in [0.2, 0.25) is 0 Å². The number of hydrogen-bond donors (Lipinski definition) is 4. The van der Waals surface area contributed by atoms with Gasteiger partial charge < -0.3 is 30.2 Å². The zero-order valence-electron chi connectivity index (χ0n) is 22.5. The topological polar surface area (TPSA) is 139 Å². The quantitative estimate of drug-likeness (QED) is 0.265. The first-order valence-corrected chi connectivity index (χ1v) is 14.3. The third-order valence-electron chi connectivity index (χ3n) is 8.70. The summed E-state index contributed by atoms with van der Waals surface area (Å²) in [7, 11) is 0. The molecule has 1 saturated heterocycles. The van der Waals surface area contributed by atoms with Crippen LogP contribution in [-0.4, -0.2) is 71.1 Å². The van der Waals surface area contributed by atoms with Gasteiger partial charge in [0, 0.05) is 35.2 Å². The summed E-state index contributed by atoms with van der Waals surface area (Å²) in [6.45, 7) is 2.89. The van der Waals surface area contributed by atoms with Crippen LogP contribution in [0.1, 0.15) is 62.1 Å². The van der Waals surface area contributed by atoms with E-state index in [9.17, 15) is 15.0 Å². The van der Waals surface area contributed by atoms with Crippen molar-refractivity contribution in [2.24, 2.45) is 0 Å². The minimum absolute atomic E-state index is 0.123. The van der Waals surface area contributed by atoms with Crippen molar-refractivity contribution in [3.05, 3.63) is 48.2 Å². The molecule has 7 rings (SSSR count). The summed E-state index contributed by atoms with van der Waals surface area (Å²) in [5.41, 5.74) is 4.97. The molecular formula is C29H35N7O4. The van der Waals surface area contributed by atoms with Crippen molar-refractivity contribution in [2.45, 2.75) is 88.5 Å². The third kappa shape index (κ3) is 4.32. The van der Waals surface area contributed by atoms with Gasteiger partial charge in [-0.2, -0.15) is 0 Å². The van der Waals surface area contributed by atoms with Gasteiger partial charge in [-0.15, -0.1) is 0 Å². The summed E-state index contributed by atoms with van der Waals surface area (Å²) < 4.78 is 9.93. The number of rotatable bonds is 8. The summed E-state index contributed by atoms with van der Waals surface area (Å²) in [6, 6.07) is 9.37. The molecular weight excluding hydrogens is 510 g/mol. The maximum Gasteiger partial charge on any atom is 0.252 e. The number of imidazole rings is 1. The van der Waals surface area contributed by atoms with Gasteiger partial charge in [-0.05, 0) is 50.7 Å². The van der Waals surface area contributed by atoms with E-state index in [1.807, 2.05) is 0 Å². The summed E-state index contributed by atoms with van der Waals surface area (Å²) in [6.07, 6.45) is 5.85. The fraction of sp³-hybridized carbons (Fsp3) is 0.517. The molecule has 4 aromatic rings. The van der Waals surface area contributed by atoms with Gasteiger partial charge in [0.1, 0.15) is 18.5 Å². The number of aromatic nitrogens is 5. The first-order valence-electron chi connectivity index (χ1n) is 14.3. The highest BCUT2D eigenvalue weighted by molar-refractivity contribution is 5.86. The number of para-hydroxylation sites is 1. The van der Waals surface area contributed by atoms with Crippen molar-refractivity contribution in [1.82, 2.24) is 29.4 Å². The van der Waals surface area contributed by atoms with Crippen molar-refractivity contribution >= 4 is 33.8 Å². The molecule has 0 unspecified atom stereocenters. The third-order valence-corrected chi connectivity index (χ3v) is 8.70. The number of nitrogens with zero attached hydrogens (tertiary/aromatic N) is 5. The molecule has 3 fully saturated rings. The number of aliphatic hydroxyl groups is 2. The first kappa shape index (κ1) is 25.4. The van der Waals surface area contributed by atoms with Crippen LogP contribution in [0.25, 0.3) is 22.1 Å². The second-order valence-corrected chi connectivity index (χ2v) is 11.3. The Morgan fingerprint density at radius 1 is 1.07 bits per heavy atom. The van der Waals surface area contributed by atoms with Crippen molar-refractivity contribution in [3.8, 4) is 0 Å². The normalized spacial score (nSPS) is 25.3. The van der Waals surface area contributed by atoms with Gasteiger partial charge >= 0.3 is 0 Å². The lowest BCUT2D eigenvalue weighted by Gasteiger charge is -2.17. The van der Waals surface area contributed by atoms with Crippen molar-refractivity contribution in [2.75, 3.05) is 11.9 Å². The van der Waals surface area contributed by atoms with E-state index < -0.39 is 30.4 Å². The molecule has 1 aromatic carbocycles. The van der Waals surface area contributed by atoms with Crippen LogP contribution < -0.4 is 10.6 Å². The lowest BCUT2D eigenvalue weighted by Crippen LogP contribution is -2.43. The zero-order chi connectivity index (χ0) is 27.4. The average Bonchev–Trinajstić information content (AvgIpc) is 3.28. The van der Waals surface area contributed by atoms with E-state index in [2.05, 4.69) is 61.3 Å². The second-order valence-electron chi connectivity index (χ2n) is 11.3. The Morgan fingerprint density at radius 2 is 1.88 bits per heavy atom. The van der Waals surface area contributed by atoms with Crippen molar-refractivity contribution < 1.29 is 19.7 Å². The van der Waals surface area contributed by atoms with E-state index in [-0.39, 0.29) is 6.04 Å². The fourth-order valence-electron chi connectivity index (χ4n) is 6.50. The number of nitrogens with one attached hydrogen (secondary N) is 2. The van der Waals surface area contributed by atoms with E-state index in [0.717, 1.165) is 19.3 Å². The Kier molecular flexibility index (Phi) is 6.44. The number of anilines is 1. The molecule has 2 saturated carbocycles. The van der Waals surface area contributed by atoms with Gasteiger partial charge in [-0.1, -0.05) is 31.0 Å². The Bertz CT molecular complexity index is 1550. The number of amides is 1. The standard InChI is InChI=1S/C29H35N7O4/c1-16-19(20-8-4-5-9-21(20)36(16)18-6-2-3-7-18)12-13-30-26-22-27(32-14-31-26)35(15-33-22)29-24(38)23(37)25(40-29)28(39)34-17-10-11-17/h4-5,8-9,14-15,17-18,23-25,29,37-38H,2-3,6-7,10-13H2,1H3,(H,34,39)(H,30,31,32)/t23-,24+,25-,29+/m0/s1. The van der Waals surface area contributed by atoms with Gasteiger partial charge in [-0.3, -0.25) is 9.36 Å². The zero-order valence-corrected chi connectivity index (χ0v) is 22.5. The first-order chi connectivity index (χ1) is 19.5. The molecule has 4 heterocycles. The summed E-state index contributed by atoms with van der Waals surface area (Å²) in [4.78, 5) is 25.8. The average molecular weight is 546 g/mol. The van der Waals surface area contributed by atoms with Crippen LogP contribution in [-0.2, 0) is 16.0 Å². The van der Waals surface area contributed by atoms with Crippen LogP contribution in [0.15, 0.2) is 36.9 Å². The Hall–Kier alpha value is -3.54. The van der Waals surface area contributed by atoms with E-state index in [1.54, 1.807) is 4.57 Å². The van der Waals surface area contributed by atoms with E-state index in [1.165, 1.54) is 60.5 Å². The smallest absolute Gasteiger partial charge is 0.252 e. The van der Waals surface area contributed by atoms with Gasteiger partial charge in [0.05, 0.1) is 6.33 Å². The molecule has 4 atom stereocenters. The highest BCUT2D eigenvalue weighted by atomic mass is 16.6. The fourth-order valence-corrected chi connectivity index (χ4v) is 6.50. The van der Waals surface area contributed by atoms with Crippen molar-refractivity contribution in [3.63, 3.8) is 0 Å². The lowest BCUT2D eigenvalue weighted by molar-refractivity contribution is -0.137. The number of benzene rings is 1. The number of ether oxygens (including phenoxy) is 1. The van der Waals surface area contributed by atoms with Crippen LogP contribution >= 0.6 is 0 Å². The van der Waals surface area contributed by atoms with E-state index >= 15 is 0 Å². The van der Waals surface area contributed by atoms with Crippen molar-refractivity contribution in [1.29, 1.82) is 0 Å². The molecule has 3 aromatic heterocycles. The largest absolute Gasteiger partial charge is 0.387 e. The molecule has 40 heavy (non-hydrogen) atoms. The maximum absolute atomic E-state index is 12.5. The second kappa shape index (κ2) is 10.1. The highest BCUT2D eigenvalue weighted by Crippen LogP contribution is 2.37. The number of aliphatic hydroxyl groups excluding tert-OH is 2. The molecule has 0 bridgehead atoms. The molecule has 0 spiro atoms. The molecule has 1 amide bonds. The Morgan fingerprint density at radius 3 is 2.67 bits per heavy atom. The Balaban J connectivity index is 1.10. The van der Waals surface area contributed by atoms with Crippen LogP contribution in [0.5, 0.6) is 0 Å². The number of carbonyl (C=O) groups is 1.